The molecule has 0 saturated carbocycles. The topological polar surface area (TPSA) is 35.9 Å². The quantitative estimate of drug-likeness (QED) is 0.436. The minimum absolute atomic E-state index is 0.634. The van der Waals surface area contributed by atoms with Crippen molar-refractivity contribution in [3.63, 3.8) is 0 Å². The van der Waals surface area contributed by atoms with Gasteiger partial charge in [0, 0.05) is 18.7 Å². The summed E-state index contributed by atoms with van der Waals surface area (Å²) in [5, 5.41) is 10.3. The van der Waals surface area contributed by atoms with Gasteiger partial charge in [0.15, 0.2) is 0 Å². The van der Waals surface area contributed by atoms with Gasteiger partial charge >= 0.3 is 0 Å². The van der Waals surface area contributed by atoms with Crippen molar-refractivity contribution in [3.05, 3.63) is 24.8 Å². The fourth-order valence-corrected chi connectivity index (χ4v) is 0.527. The Labute approximate surface area is 62.1 Å². The van der Waals surface area contributed by atoms with Crippen molar-refractivity contribution in [1.29, 1.82) is 5.41 Å². The minimum Gasteiger partial charge on any atom is -0.319 e. The summed E-state index contributed by atoms with van der Waals surface area (Å²) in [6, 6.07) is 0. The van der Waals surface area contributed by atoms with Crippen molar-refractivity contribution < 1.29 is 0 Å². The third-order valence-corrected chi connectivity index (χ3v) is 1.08. The average molecular weight is 138 g/mol. The van der Waals surface area contributed by atoms with Crippen LogP contribution in [0.5, 0.6) is 0 Å². The molecule has 0 unspecified atom stereocenters. The van der Waals surface area contributed by atoms with Crippen LogP contribution in [0.25, 0.3) is 0 Å². The molecule has 10 heavy (non-hydrogen) atoms. The van der Waals surface area contributed by atoms with Crippen LogP contribution in [0.2, 0.25) is 0 Å². The minimum atomic E-state index is 0.634. The highest BCUT2D eigenvalue weighted by Crippen LogP contribution is 1.84. The Morgan fingerprint density at radius 1 is 1.70 bits per heavy atom. The predicted molar refractivity (Wildman–Crippen MR) is 45.6 cm³/mol. The van der Waals surface area contributed by atoms with Crippen LogP contribution in [-0.4, -0.2) is 19.3 Å². The predicted octanol–water partition coefficient (Wildman–Crippen LogP) is 1.36. The lowest BCUT2D eigenvalue weighted by molar-refractivity contribution is 0.823. The lowest BCUT2D eigenvalue weighted by Crippen LogP contribution is -2.10. The molecule has 56 valence electrons. The van der Waals surface area contributed by atoms with Crippen molar-refractivity contribution in [1.82, 2.24) is 5.32 Å². The van der Waals surface area contributed by atoms with Crippen molar-refractivity contribution in [2.24, 2.45) is 0 Å². The van der Waals surface area contributed by atoms with Gasteiger partial charge in [-0.2, -0.15) is 0 Å². The third-order valence-electron chi connectivity index (χ3n) is 1.08. The Bertz CT molecular complexity index is 136. The molecule has 0 bridgehead atoms. The zero-order valence-corrected chi connectivity index (χ0v) is 6.35. The molecular formula is C8H14N2. The standard InChI is InChI=1S/C8H14N2/c1-3-4-5-8(9)6-7-10-2/h3-5,9-10H,1,6-7H2,2H3/b5-4+,9-8?. The van der Waals surface area contributed by atoms with E-state index < -0.39 is 0 Å². The van der Waals surface area contributed by atoms with Crippen LogP contribution in [0.3, 0.4) is 0 Å². The first-order valence-corrected chi connectivity index (χ1v) is 3.32. The van der Waals surface area contributed by atoms with Crippen molar-refractivity contribution >= 4 is 5.71 Å². The monoisotopic (exact) mass is 138 g/mol. The molecule has 0 aromatic carbocycles. The highest BCUT2D eigenvalue weighted by molar-refractivity contribution is 5.92. The van der Waals surface area contributed by atoms with E-state index in [9.17, 15) is 0 Å². The molecule has 0 aliphatic carbocycles. The fraction of sp³-hybridized carbons (Fsp3) is 0.375. The molecule has 0 spiro atoms. The lowest BCUT2D eigenvalue weighted by atomic mass is 10.2. The van der Waals surface area contributed by atoms with E-state index in [1.54, 1.807) is 18.2 Å². The smallest absolute Gasteiger partial charge is 0.0326 e. The first-order valence-electron chi connectivity index (χ1n) is 3.32. The molecule has 0 radical (unpaired) electrons. The summed E-state index contributed by atoms with van der Waals surface area (Å²) in [6.45, 7) is 4.38. The molecule has 0 aliphatic heterocycles. The summed E-state index contributed by atoms with van der Waals surface area (Å²) in [7, 11) is 1.88. The van der Waals surface area contributed by atoms with Gasteiger partial charge in [0.25, 0.3) is 0 Å². The second kappa shape index (κ2) is 6.23. The Balaban J connectivity index is 3.43. The van der Waals surface area contributed by atoms with E-state index in [1.807, 2.05) is 7.05 Å². The van der Waals surface area contributed by atoms with Gasteiger partial charge < -0.3 is 10.7 Å². The number of hydrogen-bond donors (Lipinski definition) is 2. The summed E-state index contributed by atoms with van der Waals surface area (Å²) in [6.07, 6.45) is 5.98. The second-order valence-electron chi connectivity index (χ2n) is 1.97. The molecule has 0 rings (SSSR count). The molecule has 0 aromatic rings. The molecule has 2 N–H and O–H groups in total. The van der Waals surface area contributed by atoms with Gasteiger partial charge in [0.1, 0.15) is 0 Å². The maximum Gasteiger partial charge on any atom is 0.0326 e. The molecule has 2 nitrogen and oxygen atoms in total. The first kappa shape index (κ1) is 9.11. The van der Waals surface area contributed by atoms with Crippen molar-refractivity contribution in [2.75, 3.05) is 13.6 Å². The van der Waals surface area contributed by atoms with Gasteiger partial charge in [0.2, 0.25) is 0 Å². The third kappa shape index (κ3) is 5.25. The molecular weight excluding hydrogens is 124 g/mol. The first-order chi connectivity index (χ1) is 4.81. The van der Waals surface area contributed by atoms with E-state index in [2.05, 4.69) is 11.9 Å². The fourth-order valence-electron chi connectivity index (χ4n) is 0.527. The SMILES string of the molecule is C=C/C=C/C(=N)CCNC. The van der Waals surface area contributed by atoms with E-state index in [0.717, 1.165) is 13.0 Å². The van der Waals surface area contributed by atoms with Gasteiger partial charge in [-0.25, -0.2) is 0 Å². The van der Waals surface area contributed by atoms with Gasteiger partial charge in [-0.15, -0.1) is 0 Å². The van der Waals surface area contributed by atoms with Gasteiger partial charge in [0.05, 0.1) is 0 Å². The Morgan fingerprint density at radius 2 is 2.40 bits per heavy atom. The molecule has 0 saturated heterocycles. The van der Waals surface area contributed by atoms with Gasteiger partial charge in [-0.3, -0.25) is 0 Å². The molecule has 2 heteroatoms. The van der Waals surface area contributed by atoms with Crippen molar-refractivity contribution in [3.8, 4) is 0 Å². The normalized spacial score (nSPS) is 10.1. The van der Waals surface area contributed by atoms with Crippen LogP contribution in [0, 0.1) is 5.41 Å². The highest BCUT2D eigenvalue weighted by Gasteiger charge is 1.87. The molecule has 0 heterocycles. The van der Waals surface area contributed by atoms with Crippen LogP contribution in [0.1, 0.15) is 6.42 Å². The van der Waals surface area contributed by atoms with Gasteiger partial charge in [-0.05, 0) is 13.1 Å². The summed E-state index contributed by atoms with van der Waals surface area (Å²) in [5.41, 5.74) is 0.634. The van der Waals surface area contributed by atoms with Gasteiger partial charge in [-0.1, -0.05) is 18.7 Å². The molecule has 0 aliphatic rings. The molecule has 0 amide bonds. The van der Waals surface area contributed by atoms with Crippen LogP contribution in [-0.2, 0) is 0 Å². The van der Waals surface area contributed by atoms with E-state index >= 15 is 0 Å². The number of rotatable bonds is 5. The number of nitrogens with one attached hydrogen (secondary N) is 2. The zero-order valence-electron chi connectivity index (χ0n) is 6.35. The molecule has 0 fully saturated rings. The van der Waals surface area contributed by atoms with Crippen LogP contribution >= 0.6 is 0 Å². The maximum absolute atomic E-state index is 7.32. The Morgan fingerprint density at radius 3 is 2.90 bits per heavy atom. The Hall–Kier alpha value is -0.890. The average Bonchev–Trinajstić information content (AvgIpc) is 1.97. The summed E-state index contributed by atoms with van der Waals surface area (Å²) >= 11 is 0. The summed E-state index contributed by atoms with van der Waals surface area (Å²) < 4.78 is 0. The summed E-state index contributed by atoms with van der Waals surface area (Å²) in [5.74, 6) is 0. The lowest BCUT2D eigenvalue weighted by Gasteiger charge is -1.94. The molecule has 0 atom stereocenters. The molecule has 0 aromatic heterocycles. The number of allylic oxidation sites excluding steroid dienone is 3. The van der Waals surface area contributed by atoms with Crippen molar-refractivity contribution in [2.45, 2.75) is 6.42 Å². The highest BCUT2D eigenvalue weighted by atomic mass is 14.8. The summed E-state index contributed by atoms with van der Waals surface area (Å²) in [4.78, 5) is 0. The largest absolute Gasteiger partial charge is 0.319 e. The second-order valence-corrected chi connectivity index (χ2v) is 1.97. The van der Waals surface area contributed by atoms with Crippen LogP contribution in [0.15, 0.2) is 24.8 Å². The van der Waals surface area contributed by atoms with Crippen LogP contribution < -0.4 is 5.32 Å². The maximum atomic E-state index is 7.32. The van der Waals surface area contributed by atoms with E-state index in [1.165, 1.54) is 0 Å². The van der Waals surface area contributed by atoms with E-state index in [-0.39, 0.29) is 0 Å². The van der Waals surface area contributed by atoms with E-state index in [4.69, 9.17) is 5.41 Å². The number of hydrogen-bond acceptors (Lipinski definition) is 2. The van der Waals surface area contributed by atoms with Crippen LogP contribution in [0.4, 0.5) is 0 Å². The Kier molecular flexibility index (Phi) is 5.68. The van der Waals surface area contributed by atoms with E-state index in [0.29, 0.717) is 5.71 Å². The zero-order chi connectivity index (χ0) is 7.82.